The Labute approximate surface area is 138 Å². The molecule has 1 atom stereocenters. The summed E-state index contributed by atoms with van der Waals surface area (Å²) in [6.07, 6.45) is -0.137. The summed E-state index contributed by atoms with van der Waals surface area (Å²) in [5.41, 5.74) is 0. The number of rotatable bonds is 3. The molecule has 130 valence electrons. The number of urea groups is 1. The van der Waals surface area contributed by atoms with Gasteiger partial charge in [-0.1, -0.05) is 18.2 Å². The first-order valence-electron chi connectivity index (χ1n) is 7.24. The molecule has 0 radical (unpaired) electrons. The predicted octanol–water partition coefficient (Wildman–Crippen LogP) is 0.734. The second kappa shape index (κ2) is 7.30. The van der Waals surface area contributed by atoms with E-state index in [1.807, 2.05) is 10.0 Å². The molecule has 1 aliphatic rings. The minimum atomic E-state index is -4.11. The maximum atomic E-state index is 12.3. The number of benzene rings is 1. The molecule has 1 fully saturated rings. The lowest BCUT2D eigenvalue weighted by atomic mass is 10.1. The van der Waals surface area contributed by atoms with E-state index in [0.717, 1.165) is 4.90 Å². The first kappa shape index (κ1) is 17.7. The average molecular weight is 355 g/mol. The summed E-state index contributed by atoms with van der Waals surface area (Å²) in [6, 6.07) is 5.09. The fraction of sp³-hybridized carbons (Fsp3) is 0.357. The Morgan fingerprint density at radius 3 is 2.46 bits per heavy atom. The van der Waals surface area contributed by atoms with Crippen molar-refractivity contribution < 1.29 is 27.9 Å². The van der Waals surface area contributed by atoms with Gasteiger partial charge < -0.3 is 10.4 Å². The van der Waals surface area contributed by atoms with Crippen molar-refractivity contribution in [2.24, 2.45) is 0 Å². The van der Waals surface area contributed by atoms with Crippen LogP contribution in [0.25, 0.3) is 0 Å². The van der Waals surface area contributed by atoms with E-state index in [9.17, 15) is 22.8 Å². The molecule has 3 N–H and O–H groups in total. The van der Waals surface area contributed by atoms with Crippen molar-refractivity contribution in [1.82, 2.24) is 14.9 Å². The van der Waals surface area contributed by atoms with Crippen LogP contribution >= 0.6 is 0 Å². The number of nitrogens with zero attached hydrogens (tertiary/aromatic N) is 1. The van der Waals surface area contributed by atoms with E-state index in [1.165, 1.54) is 24.3 Å². The molecule has 1 aromatic rings. The molecule has 0 saturated carbocycles. The van der Waals surface area contributed by atoms with Gasteiger partial charge in [-0.2, -0.15) is 0 Å². The molecule has 1 saturated heterocycles. The Kier molecular flexibility index (Phi) is 5.39. The highest BCUT2D eigenvalue weighted by molar-refractivity contribution is 7.90. The van der Waals surface area contributed by atoms with E-state index in [0.29, 0.717) is 12.8 Å². The minimum absolute atomic E-state index is 0.0206. The third-order valence-electron chi connectivity index (χ3n) is 3.51. The number of likely N-dealkylation sites (tertiary alicyclic amines) is 1. The normalized spacial score (nSPS) is 18.6. The van der Waals surface area contributed by atoms with E-state index >= 15 is 0 Å². The van der Waals surface area contributed by atoms with Gasteiger partial charge in [0.25, 0.3) is 15.9 Å². The number of carboxylic acid groups (broad SMARTS) is 1. The number of nitrogens with one attached hydrogen (secondary N) is 2. The van der Waals surface area contributed by atoms with Crippen LogP contribution in [0.1, 0.15) is 19.3 Å². The van der Waals surface area contributed by atoms with Crippen LogP contribution in [0.3, 0.4) is 0 Å². The molecule has 24 heavy (non-hydrogen) atoms. The zero-order valence-corrected chi connectivity index (χ0v) is 13.5. The zero-order valence-electron chi connectivity index (χ0n) is 12.6. The van der Waals surface area contributed by atoms with E-state index < -0.39 is 34.1 Å². The molecular weight excluding hydrogens is 338 g/mol. The number of imide groups is 1. The fourth-order valence-corrected chi connectivity index (χ4v) is 3.33. The smallest absolute Gasteiger partial charge is 0.405 e. The Balaban J connectivity index is 2.15. The second-order valence-corrected chi connectivity index (χ2v) is 6.89. The number of carbonyl (C=O) groups excluding carboxylic acids is 2. The molecule has 10 heteroatoms. The lowest BCUT2D eigenvalue weighted by Gasteiger charge is -2.22. The van der Waals surface area contributed by atoms with Crippen LogP contribution in [0, 0.1) is 0 Å². The topological polar surface area (TPSA) is 133 Å². The summed E-state index contributed by atoms with van der Waals surface area (Å²) >= 11 is 0. The van der Waals surface area contributed by atoms with Gasteiger partial charge in [0.2, 0.25) is 0 Å². The molecule has 0 unspecified atom stereocenters. The highest BCUT2D eigenvalue weighted by Crippen LogP contribution is 2.14. The van der Waals surface area contributed by atoms with Crippen molar-refractivity contribution in [3.05, 3.63) is 30.3 Å². The van der Waals surface area contributed by atoms with E-state index in [-0.39, 0.29) is 17.9 Å². The fourth-order valence-electron chi connectivity index (χ4n) is 2.35. The lowest BCUT2D eigenvalue weighted by Crippen LogP contribution is -2.52. The number of hydrogen-bond donors (Lipinski definition) is 3. The van der Waals surface area contributed by atoms with Crippen molar-refractivity contribution in [3.8, 4) is 0 Å². The Morgan fingerprint density at radius 1 is 1.17 bits per heavy atom. The van der Waals surface area contributed by atoms with Gasteiger partial charge in [-0.25, -0.2) is 22.7 Å². The van der Waals surface area contributed by atoms with Crippen molar-refractivity contribution >= 4 is 28.1 Å². The third kappa shape index (κ3) is 4.22. The molecule has 9 nitrogen and oxygen atoms in total. The van der Waals surface area contributed by atoms with Gasteiger partial charge >= 0.3 is 12.1 Å². The summed E-state index contributed by atoms with van der Waals surface area (Å²) in [5, 5.41) is 10.8. The summed E-state index contributed by atoms with van der Waals surface area (Å²) in [6.45, 7) is 0.0206. The third-order valence-corrected chi connectivity index (χ3v) is 4.84. The van der Waals surface area contributed by atoms with Gasteiger partial charge in [0.05, 0.1) is 4.90 Å². The van der Waals surface area contributed by atoms with Crippen molar-refractivity contribution in [1.29, 1.82) is 0 Å². The van der Waals surface area contributed by atoms with Gasteiger partial charge in [0.1, 0.15) is 6.04 Å². The van der Waals surface area contributed by atoms with Gasteiger partial charge in [0.15, 0.2) is 0 Å². The standard InChI is InChI=1S/C14H17N3O6S/c18-12-11(15-14(20)21)8-4-5-9-17(12)13(19)16-24(22,23)10-6-2-1-3-7-10/h1-3,6-7,11,15H,4-5,8-9H2,(H,16,19)(H,20,21)/t11-/m0/s1. The first-order valence-corrected chi connectivity index (χ1v) is 8.72. The van der Waals surface area contributed by atoms with Crippen molar-refractivity contribution in [2.75, 3.05) is 6.54 Å². The van der Waals surface area contributed by atoms with Crippen LogP contribution in [-0.4, -0.2) is 49.0 Å². The largest absolute Gasteiger partial charge is 0.465 e. The maximum Gasteiger partial charge on any atom is 0.405 e. The Bertz CT molecular complexity index is 734. The highest BCUT2D eigenvalue weighted by Gasteiger charge is 2.33. The zero-order chi connectivity index (χ0) is 17.7. The predicted molar refractivity (Wildman–Crippen MR) is 82.7 cm³/mol. The molecule has 1 heterocycles. The molecule has 1 aliphatic heterocycles. The van der Waals surface area contributed by atoms with Crippen LogP contribution in [0.4, 0.5) is 9.59 Å². The number of carbonyl (C=O) groups is 3. The van der Waals surface area contributed by atoms with Crippen molar-refractivity contribution in [3.63, 3.8) is 0 Å². The van der Waals surface area contributed by atoms with Gasteiger partial charge in [-0.15, -0.1) is 0 Å². The van der Waals surface area contributed by atoms with Gasteiger partial charge in [-0.3, -0.25) is 9.69 Å². The van der Waals surface area contributed by atoms with Crippen LogP contribution in [-0.2, 0) is 14.8 Å². The summed E-state index contributed by atoms with van der Waals surface area (Å²) in [7, 11) is -4.11. The lowest BCUT2D eigenvalue weighted by molar-refractivity contribution is -0.129. The monoisotopic (exact) mass is 355 g/mol. The number of sulfonamides is 1. The van der Waals surface area contributed by atoms with Crippen LogP contribution < -0.4 is 10.0 Å². The van der Waals surface area contributed by atoms with Crippen molar-refractivity contribution in [2.45, 2.75) is 30.2 Å². The molecular formula is C14H17N3O6S. The Hall–Kier alpha value is -2.62. The summed E-state index contributed by atoms with van der Waals surface area (Å²) in [4.78, 5) is 35.9. The summed E-state index contributed by atoms with van der Waals surface area (Å²) in [5.74, 6) is -0.768. The molecule has 0 aromatic heterocycles. The van der Waals surface area contributed by atoms with Crippen LogP contribution in [0.15, 0.2) is 35.2 Å². The summed E-state index contributed by atoms with van der Waals surface area (Å²) < 4.78 is 26.2. The van der Waals surface area contributed by atoms with E-state index in [1.54, 1.807) is 6.07 Å². The quantitative estimate of drug-likeness (QED) is 0.732. The van der Waals surface area contributed by atoms with E-state index in [2.05, 4.69) is 0 Å². The second-order valence-electron chi connectivity index (χ2n) is 5.21. The number of amides is 4. The Morgan fingerprint density at radius 2 is 1.83 bits per heavy atom. The van der Waals surface area contributed by atoms with Crippen LogP contribution in [0.2, 0.25) is 0 Å². The average Bonchev–Trinajstić information content (AvgIpc) is 2.70. The maximum absolute atomic E-state index is 12.3. The highest BCUT2D eigenvalue weighted by atomic mass is 32.2. The van der Waals surface area contributed by atoms with E-state index in [4.69, 9.17) is 5.11 Å². The molecule has 4 amide bonds. The number of hydrogen-bond acceptors (Lipinski definition) is 5. The SMILES string of the molecule is O=C(O)N[C@H]1CCCCN(C(=O)NS(=O)(=O)c2ccccc2)C1=O. The van der Waals surface area contributed by atoms with Crippen LogP contribution in [0.5, 0.6) is 0 Å². The molecule has 2 rings (SSSR count). The molecule has 0 spiro atoms. The minimum Gasteiger partial charge on any atom is -0.465 e. The van der Waals surface area contributed by atoms with Gasteiger partial charge in [0, 0.05) is 6.54 Å². The molecule has 0 aliphatic carbocycles. The molecule has 1 aromatic carbocycles. The molecule has 0 bridgehead atoms. The van der Waals surface area contributed by atoms with Gasteiger partial charge in [-0.05, 0) is 31.4 Å². The first-order chi connectivity index (χ1) is 11.3.